The lowest BCUT2D eigenvalue weighted by atomic mass is 10.1. The number of hydrogen-bond donors (Lipinski definition) is 1. The molecule has 0 heterocycles. The molecular formula is C16H25NO2. The van der Waals surface area contributed by atoms with Gasteiger partial charge in [0.1, 0.15) is 18.5 Å². The first-order chi connectivity index (χ1) is 9.08. The van der Waals surface area contributed by atoms with Crippen LogP contribution in [0.1, 0.15) is 30.9 Å². The number of ether oxygens (including phenoxy) is 1. The van der Waals surface area contributed by atoms with Crippen LogP contribution in [0.4, 0.5) is 0 Å². The molecule has 1 atom stereocenters. The van der Waals surface area contributed by atoms with Crippen LogP contribution in [-0.4, -0.2) is 41.8 Å². The van der Waals surface area contributed by atoms with E-state index in [0.717, 1.165) is 12.3 Å². The van der Waals surface area contributed by atoms with Crippen molar-refractivity contribution in [1.82, 2.24) is 4.90 Å². The fourth-order valence-electron chi connectivity index (χ4n) is 2.51. The fraction of sp³-hybridized carbons (Fsp3) is 0.625. The average Bonchev–Trinajstić information content (AvgIpc) is 3.16. The van der Waals surface area contributed by atoms with Gasteiger partial charge in [0.25, 0.3) is 0 Å². The molecule has 3 nitrogen and oxygen atoms in total. The highest BCUT2D eigenvalue weighted by Gasteiger charge is 2.29. The molecular weight excluding hydrogens is 238 g/mol. The number of rotatable bonds is 7. The zero-order chi connectivity index (χ0) is 13.8. The molecule has 0 amide bonds. The average molecular weight is 263 g/mol. The minimum Gasteiger partial charge on any atom is -0.491 e. The SMILES string of the molecule is CCN(CC(O)COc1cc(C)cc(C)c1)C1CC1. The van der Waals surface area contributed by atoms with Crippen LogP contribution in [0.3, 0.4) is 0 Å². The fourth-order valence-corrected chi connectivity index (χ4v) is 2.51. The van der Waals surface area contributed by atoms with Gasteiger partial charge in [-0.1, -0.05) is 13.0 Å². The normalized spacial score (nSPS) is 16.7. The summed E-state index contributed by atoms with van der Waals surface area (Å²) in [7, 11) is 0. The molecule has 2 rings (SSSR count). The van der Waals surface area contributed by atoms with Crippen LogP contribution in [-0.2, 0) is 0 Å². The second-order valence-corrected chi connectivity index (χ2v) is 5.61. The quantitative estimate of drug-likeness (QED) is 0.820. The van der Waals surface area contributed by atoms with E-state index in [-0.39, 0.29) is 0 Å². The predicted molar refractivity (Wildman–Crippen MR) is 77.7 cm³/mol. The molecule has 0 bridgehead atoms. The van der Waals surface area contributed by atoms with Crippen molar-refractivity contribution in [3.8, 4) is 5.75 Å². The summed E-state index contributed by atoms with van der Waals surface area (Å²) in [5, 5.41) is 10.1. The largest absolute Gasteiger partial charge is 0.491 e. The zero-order valence-corrected chi connectivity index (χ0v) is 12.2. The van der Waals surface area contributed by atoms with E-state index in [1.807, 2.05) is 12.1 Å². The number of hydrogen-bond acceptors (Lipinski definition) is 3. The number of aliphatic hydroxyl groups is 1. The number of likely N-dealkylation sites (N-methyl/N-ethyl adjacent to an activating group) is 1. The van der Waals surface area contributed by atoms with Crippen molar-refractivity contribution in [2.75, 3.05) is 19.7 Å². The maximum Gasteiger partial charge on any atom is 0.119 e. The molecule has 1 aromatic carbocycles. The Morgan fingerprint density at radius 3 is 2.42 bits per heavy atom. The number of aryl methyl sites for hydroxylation is 2. The molecule has 1 aliphatic carbocycles. The summed E-state index contributed by atoms with van der Waals surface area (Å²) in [6, 6.07) is 6.84. The third kappa shape index (κ3) is 4.51. The molecule has 1 saturated carbocycles. The van der Waals surface area contributed by atoms with Crippen LogP contribution in [0.5, 0.6) is 5.75 Å². The van der Waals surface area contributed by atoms with E-state index in [9.17, 15) is 5.11 Å². The van der Waals surface area contributed by atoms with Crippen LogP contribution in [0.2, 0.25) is 0 Å². The Hall–Kier alpha value is -1.06. The van der Waals surface area contributed by atoms with Crippen LogP contribution < -0.4 is 4.74 Å². The highest BCUT2D eigenvalue weighted by molar-refractivity contribution is 5.32. The zero-order valence-electron chi connectivity index (χ0n) is 12.2. The Morgan fingerprint density at radius 2 is 1.89 bits per heavy atom. The molecule has 1 aromatic rings. The molecule has 0 radical (unpaired) electrons. The van der Waals surface area contributed by atoms with Crippen molar-refractivity contribution in [2.24, 2.45) is 0 Å². The monoisotopic (exact) mass is 263 g/mol. The van der Waals surface area contributed by atoms with Crippen LogP contribution in [0, 0.1) is 13.8 Å². The van der Waals surface area contributed by atoms with Crippen molar-refractivity contribution in [3.63, 3.8) is 0 Å². The molecule has 0 saturated heterocycles. The highest BCUT2D eigenvalue weighted by Crippen LogP contribution is 2.26. The molecule has 0 spiro atoms. The molecule has 1 fully saturated rings. The lowest BCUT2D eigenvalue weighted by Gasteiger charge is -2.23. The molecule has 19 heavy (non-hydrogen) atoms. The summed E-state index contributed by atoms with van der Waals surface area (Å²) in [6.45, 7) is 8.35. The topological polar surface area (TPSA) is 32.7 Å². The van der Waals surface area contributed by atoms with E-state index in [1.165, 1.54) is 24.0 Å². The van der Waals surface area contributed by atoms with Gasteiger partial charge in [-0.15, -0.1) is 0 Å². The molecule has 1 N–H and O–H groups in total. The molecule has 1 aliphatic rings. The van der Waals surface area contributed by atoms with Gasteiger partial charge in [-0.25, -0.2) is 0 Å². The van der Waals surface area contributed by atoms with E-state index in [1.54, 1.807) is 0 Å². The molecule has 0 aromatic heterocycles. The Balaban J connectivity index is 1.80. The first-order valence-corrected chi connectivity index (χ1v) is 7.21. The lowest BCUT2D eigenvalue weighted by Crippen LogP contribution is -2.36. The minimum absolute atomic E-state index is 0.367. The third-order valence-electron chi connectivity index (χ3n) is 3.55. The summed E-state index contributed by atoms with van der Waals surface area (Å²) in [5.41, 5.74) is 2.38. The van der Waals surface area contributed by atoms with E-state index < -0.39 is 6.10 Å². The first kappa shape index (κ1) is 14.4. The Labute approximate surface area is 116 Å². The first-order valence-electron chi connectivity index (χ1n) is 7.21. The van der Waals surface area contributed by atoms with Crippen molar-refractivity contribution in [1.29, 1.82) is 0 Å². The van der Waals surface area contributed by atoms with Crippen molar-refractivity contribution in [2.45, 2.75) is 45.8 Å². The Kier molecular flexibility index (Phi) is 4.83. The predicted octanol–water partition coefficient (Wildman–Crippen LogP) is 2.53. The van der Waals surface area contributed by atoms with Crippen LogP contribution in [0.15, 0.2) is 18.2 Å². The van der Waals surface area contributed by atoms with E-state index in [4.69, 9.17) is 4.74 Å². The van der Waals surface area contributed by atoms with E-state index in [0.29, 0.717) is 19.2 Å². The lowest BCUT2D eigenvalue weighted by molar-refractivity contribution is 0.0672. The standard InChI is InChI=1S/C16H25NO2/c1-4-17(14-5-6-14)10-15(18)11-19-16-8-12(2)7-13(3)9-16/h7-9,14-15,18H,4-6,10-11H2,1-3H3. The van der Waals surface area contributed by atoms with Crippen LogP contribution >= 0.6 is 0 Å². The van der Waals surface area contributed by atoms with Gasteiger partial charge in [-0.3, -0.25) is 4.90 Å². The van der Waals surface area contributed by atoms with Gasteiger partial charge in [0.15, 0.2) is 0 Å². The van der Waals surface area contributed by atoms with Crippen LogP contribution in [0.25, 0.3) is 0 Å². The van der Waals surface area contributed by atoms with Gasteiger partial charge in [0, 0.05) is 12.6 Å². The third-order valence-corrected chi connectivity index (χ3v) is 3.55. The number of aliphatic hydroxyl groups excluding tert-OH is 1. The second kappa shape index (κ2) is 6.40. The minimum atomic E-state index is -0.415. The summed E-state index contributed by atoms with van der Waals surface area (Å²) in [6.07, 6.45) is 2.14. The maximum absolute atomic E-state index is 10.1. The molecule has 1 unspecified atom stereocenters. The van der Waals surface area contributed by atoms with Gasteiger partial charge in [-0.2, -0.15) is 0 Å². The molecule has 0 aliphatic heterocycles. The van der Waals surface area contributed by atoms with Crippen molar-refractivity contribution >= 4 is 0 Å². The van der Waals surface area contributed by atoms with Gasteiger partial charge in [0.2, 0.25) is 0 Å². The smallest absolute Gasteiger partial charge is 0.119 e. The van der Waals surface area contributed by atoms with Crippen molar-refractivity contribution < 1.29 is 9.84 Å². The van der Waals surface area contributed by atoms with Gasteiger partial charge < -0.3 is 9.84 Å². The number of nitrogens with zero attached hydrogens (tertiary/aromatic N) is 1. The Bertz CT molecular complexity index is 395. The summed E-state index contributed by atoms with van der Waals surface area (Å²) < 4.78 is 5.70. The Morgan fingerprint density at radius 1 is 1.26 bits per heavy atom. The molecule has 106 valence electrons. The summed E-state index contributed by atoms with van der Waals surface area (Å²) >= 11 is 0. The number of benzene rings is 1. The second-order valence-electron chi connectivity index (χ2n) is 5.61. The van der Waals surface area contributed by atoms with E-state index >= 15 is 0 Å². The van der Waals surface area contributed by atoms with Crippen molar-refractivity contribution in [3.05, 3.63) is 29.3 Å². The maximum atomic E-state index is 10.1. The van der Waals surface area contributed by atoms with Gasteiger partial charge in [-0.05, 0) is 56.5 Å². The van der Waals surface area contributed by atoms with Gasteiger partial charge >= 0.3 is 0 Å². The van der Waals surface area contributed by atoms with E-state index in [2.05, 4.69) is 31.7 Å². The molecule has 3 heteroatoms. The summed E-state index contributed by atoms with van der Waals surface area (Å²) in [5.74, 6) is 0.853. The summed E-state index contributed by atoms with van der Waals surface area (Å²) in [4.78, 5) is 2.34. The highest BCUT2D eigenvalue weighted by atomic mass is 16.5. The van der Waals surface area contributed by atoms with Gasteiger partial charge in [0.05, 0.1) is 0 Å².